The summed E-state index contributed by atoms with van der Waals surface area (Å²) in [6, 6.07) is 9.53. The van der Waals surface area contributed by atoms with E-state index in [-0.39, 0.29) is 24.0 Å². The van der Waals surface area contributed by atoms with Crippen LogP contribution in [-0.4, -0.2) is 57.3 Å². The number of hydrogen-bond acceptors (Lipinski definition) is 4. The van der Waals surface area contributed by atoms with Crippen LogP contribution in [0.2, 0.25) is 0 Å². The van der Waals surface area contributed by atoms with Gasteiger partial charge in [0, 0.05) is 31.7 Å². The van der Waals surface area contributed by atoms with Crippen LogP contribution in [0.1, 0.15) is 45.7 Å². The molecule has 0 unspecified atom stereocenters. The minimum Gasteiger partial charge on any atom is -0.357 e. The standard InChI is InChI=1S/C21H35N7.HI/c1-6-23-21(24-10-11-28(17(2)3)18(4)5)25-13-19-8-7-9-20(12-19)14-27-16-22-15-26-27;/h7-9,12,15-18H,6,10-11,13-14H2,1-5H3,(H2,23,24,25);1H. The van der Waals surface area contributed by atoms with Gasteiger partial charge in [-0.15, -0.1) is 24.0 Å². The van der Waals surface area contributed by atoms with Gasteiger partial charge in [-0.3, -0.25) is 4.90 Å². The first-order chi connectivity index (χ1) is 13.5. The van der Waals surface area contributed by atoms with Gasteiger partial charge < -0.3 is 10.6 Å². The maximum absolute atomic E-state index is 4.75. The molecule has 7 nitrogen and oxygen atoms in total. The summed E-state index contributed by atoms with van der Waals surface area (Å²) in [6.45, 7) is 15.1. The van der Waals surface area contributed by atoms with Crippen molar-refractivity contribution >= 4 is 29.9 Å². The molecule has 0 atom stereocenters. The van der Waals surface area contributed by atoms with Gasteiger partial charge in [0.05, 0.1) is 13.1 Å². The molecule has 1 aromatic heterocycles. The Morgan fingerprint density at radius 3 is 2.48 bits per heavy atom. The second-order valence-corrected chi connectivity index (χ2v) is 7.46. The zero-order valence-corrected chi connectivity index (χ0v) is 20.6. The Kier molecular flexibility index (Phi) is 11.8. The molecule has 29 heavy (non-hydrogen) atoms. The summed E-state index contributed by atoms with van der Waals surface area (Å²) < 4.78 is 1.82. The van der Waals surface area contributed by atoms with E-state index in [0.717, 1.165) is 32.1 Å². The molecule has 0 aliphatic carbocycles. The van der Waals surface area contributed by atoms with Crippen molar-refractivity contribution in [1.82, 2.24) is 30.3 Å². The van der Waals surface area contributed by atoms with Crippen LogP contribution in [0.15, 0.2) is 41.9 Å². The predicted octanol–water partition coefficient (Wildman–Crippen LogP) is 3.12. The molecular formula is C21H36IN7. The third-order valence-electron chi connectivity index (χ3n) is 4.56. The van der Waals surface area contributed by atoms with E-state index in [4.69, 9.17) is 4.99 Å². The molecule has 1 aromatic carbocycles. The van der Waals surface area contributed by atoms with Crippen LogP contribution in [0.4, 0.5) is 0 Å². The Balaban J connectivity index is 0.00000420. The van der Waals surface area contributed by atoms with E-state index >= 15 is 0 Å². The predicted molar refractivity (Wildman–Crippen MR) is 131 cm³/mol. The fourth-order valence-electron chi connectivity index (χ4n) is 3.26. The number of aliphatic imine (C=N–C) groups is 1. The second kappa shape index (κ2) is 13.5. The van der Waals surface area contributed by atoms with Crippen LogP contribution in [0.25, 0.3) is 0 Å². The van der Waals surface area contributed by atoms with E-state index < -0.39 is 0 Å². The summed E-state index contributed by atoms with van der Waals surface area (Å²) in [7, 11) is 0. The highest BCUT2D eigenvalue weighted by Crippen LogP contribution is 2.08. The van der Waals surface area contributed by atoms with Crippen molar-refractivity contribution < 1.29 is 0 Å². The van der Waals surface area contributed by atoms with Gasteiger partial charge in [0.25, 0.3) is 0 Å². The normalized spacial score (nSPS) is 11.8. The fraction of sp³-hybridized carbons (Fsp3) is 0.571. The van der Waals surface area contributed by atoms with Gasteiger partial charge in [-0.05, 0) is 45.7 Å². The maximum Gasteiger partial charge on any atom is 0.191 e. The lowest BCUT2D eigenvalue weighted by atomic mass is 10.1. The van der Waals surface area contributed by atoms with E-state index in [0.29, 0.717) is 18.6 Å². The van der Waals surface area contributed by atoms with E-state index in [1.807, 2.05) is 4.68 Å². The van der Waals surface area contributed by atoms with Gasteiger partial charge in [0.2, 0.25) is 0 Å². The minimum atomic E-state index is 0. The Morgan fingerprint density at radius 1 is 1.14 bits per heavy atom. The number of rotatable bonds is 10. The summed E-state index contributed by atoms with van der Waals surface area (Å²) in [5.41, 5.74) is 2.38. The second-order valence-electron chi connectivity index (χ2n) is 7.46. The summed E-state index contributed by atoms with van der Waals surface area (Å²) in [5, 5.41) is 11.0. The highest BCUT2D eigenvalue weighted by molar-refractivity contribution is 14.0. The van der Waals surface area contributed by atoms with Gasteiger partial charge in [0.1, 0.15) is 12.7 Å². The number of guanidine groups is 1. The van der Waals surface area contributed by atoms with Crippen molar-refractivity contribution in [2.24, 2.45) is 4.99 Å². The summed E-state index contributed by atoms with van der Waals surface area (Å²) in [5.74, 6) is 0.858. The van der Waals surface area contributed by atoms with E-state index in [9.17, 15) is 0 Å². The molecule has 2 rings (SSSR count). The van der Waals surface area contributed by atoms with Gasteiger partial charge in [-0.25, -0.2) is 14.7 Å². The SMILES string of the molecule is CCNC(=NCc1cccc(Cn2cncn2)c1)NCCN(C(C)C)C(C)C.I. The first kappa shape index (κ1) is 25.4. The molecule has 0 radical (unpaired) electrons. The van der Waals surface area contributed by atoms with E-state index in [2.05, 4.69) is 84.5 Å². The maximum atomic E-state index is 4.75. The number of benzene rings is 1. The molecule has 0 aliphatic heterocycles. The summed E-state index contributed by atoms with van der Waals surface area (Å²) in [4.78, 5) is 11.2. The van der Waals surface area contributed by atoms with Crippen LogP contribution < -0.4 is 10.6 Å². The molecule has 2 N–H and O–H groups in total. The van der Waals surface area contributed by atoms with Gasteiger partial charge in [-0.2, -0.15) is 5.10 Å². The van der Waals surface area contributed by atoms with Crippen LogP contribution in [0, 0.1) is 0 Å². The first-order valence-corrected chi connectivity index (χ1v) is 10.2. The van der Waals surface area contributed by atoms with Crippen LogP contribution in [0.5, 0.6) is 0 Å². The minimum absolute atomic E-state index is 0. The Morgan fingerprint density at radius 2 is 1.86 bits per heavy atom. The highest BCUT2D eigenvalue weighted by atomic mass is 127. The molecular weight excluding hydrogens is 477 g/mol. The third kappa shape index (κ3) is 9.12. The lowest BCUT2D eigenvalue weighted by Gasteiger charge is -2.30. The number of nitrogens with zero attached hydrogens (tertiary/aromatic N) is 5. The van der Waals surface area contributed by atoms with Crippen molar-refractivity contribution in [1.29, 1.82) is 0 Å². The zero-order chi connectivity index (χ0) is 20.4. The largest absolute Gasteiger partial charge is 0.357 e. The topological polar surface area (TPSA) is 70.4 Å². The number of halogens is 1. The summed E-state index contributed by atoms with van der Waals surface area (Å²) in [6.07, 6.45) is 3.29. The van der Waals surface area contributed by atoms with Crippen LogP contribution in [0.3, 0.4) is 0 Å². The first-order valence-electron chi connectivity index (χ1n) is 10.2. The lowest BCUT2D eigenvalue weighted by Crippen LogP contribution is -2.45. The molecule has 0 saturated carbocycles. The number of nitrogens with one attached hydrogen (secondary N) is 2. The molecule has 0 aliphatic rings. The van der Waals surface area contributed by atoms with Crippen molar-refractivity contribution in [3.8, 4) is 0 Å². The highest BCUT2D eigenvalue weighted by Gasteiger charge is 2.12. The Hall–Kier alpha value is -1.68. The zero-order valence-electron chi connectivity index (χ0n) is 18.3. The fourth-order valence-corrected chi connectivity index (χ4v) is 3.26. The molecule has 1 heterocycles. The average Bonchev–Trinajstić information content (AvgIpc) is 3.15. The van der Waals surface area contributed by atoms with E-state index in [1.165, 1.54) is 11.1 Å². The molecule has 2 aromatic rings. The van der Waals surface area contributed by atoms with Crippen LogP contribution >= 0.6 is 24.0 Å². The van der Waals surface area contributed by atoms with Gasteiger partial charge in [-0.1, -0.05) is 24.3 Å². The molecule has 8 heteroatoms. The van der Waals surface area contributed by atoms with Crippen molar-refractivity contribution in [3.63, 3.8) is 0 Å². The average molecular weight is 513 g/mol. The van der Waals surface area contributed by atoms with Crippen molar-refractivity contribution in [2.75, 3.05) is 19.6 Å². The Labute approximate surface area is 192 Å². The molecule has 0 spiro atoms. The van der Waals surface area contributed by atoms with Crippen LogP contribution in [-0.2, 0) is 13.1 Å². The van der Waals surface area contributed by atoms with Gasteiger partial charge >= 0.3 is 0 Å². The molecule has 0 bridgehead atoms. The molecule has 0 saturated heterocycles. The third-order valence-corrected chi connectivity index (χ3v) is 4.56. The Bertz CT molecular complexity index is 706. The van der Waals surface area contributed by atoms with Gasteiger partial charge in [0.15, 0.2) is 5.96 Å². The lowest BCUT2D eigenvalue weighted by molar-refractivity contribution is 0.178. The number of hydrogen-bond donors (Lipinski definition) is 2. The van der Waals surface area contributed by atoms with E-state index in [1.54, 1.807) is 12.7 Å². The molecule has 162 valence electrons. The summed E-state index contributed by atoms with van der Waals surface area (Å²) >= 11 is 0. The molecule has 0 fully saturated rings. The van der Waals surface area contributed by atoms with Crippen molar-refractivity contribution in [2.45, 2.75) is 59.8 Å². The smallest absolute Gasteiger partial charge is 0.191 e. The number of aromatic nitrogens is 3. The quantitative estimate of drug-likeness (QED) is 0.290. The monoisotopic (exact) mass is 513 g/mol. The van der Waals surface area contributed by atoms with Crippen molar-refractivity contribution in [3.05, 3.63) is 48.0 Å². The molecule has 0 amide bonds.